The fourth-order valence-corrected chi connectivity index (χ4v) is 2.31. The van der Waals surface area contributed by atoms with Gasteiger partial charge in [0.25, 0.3) is 6.04 Å². The third-order valence-electron chi connectivity index (χ3n) is 3.15. The van der Waals surface area contributed by atoms with Gasteiger partial charge in [0.05, 0.1) is 0 Å². The van der Waals surface area contributed by atoms with E-state index in [0.29, 0.717) is 0 Å². The molecular weight excluding hydrogens is 206 g/mol. The lowest BCUT2D eigenvalue weighted by atomic mass is 9.95. The zero-order chi connectivity index (χ0) is 11.7. The Labute approximate surface area is 101 Å². The summed E-state index contributed by atoms with van der Waals surface area (Å²) in [5.41, 5.74) is 4.49. The molecule has 0 N–H and O–H groups in total. The van der Waals surface area contributed by atoms with E-state index in [1.807, 2.05) is 36.4 Å². The third kappa shape index (κ3) is 1.55. The van der Waals surface area contributed by atoms with Gasteiger partial charge in [-0.05, 0) is 11.1 Å². The molecule has 0 aromatic heterocycles. The number of hydrogen-bond acceptors (Lipinski definition) is 0. The van der Waals surface area contributed by atoms with Crippen molar-refractivity contribution >= 4 is 12.2 Å². The minimum Gasteiger partial charge on any atom is -0.303 e. The predicted octanol–water partition coefficient (Wildman–Crippen LogP) is 4.18. The molecule has 80 valence electrons. The van der Waals surface area contributed by atoms with Gasteiger partial charge in [-0.25, -0.2) is 6.57 Å². The Hall–Kier alpha value is -2.33. The number of hydrogen-bond donors (Lipinski definition) is 0. The van der Waals surface area contributed by atoms with Gasteiger partial charge in [0.2, 0.25) is 0 Å². The molecule has 3 rings (SSSR count). The van der Waals surface area contributed by atoms with E-state index in [9.17, 15) is 0 Å². The highest BCUT2D eigenvalue weighted by Crippen LogP contribution is 2.35. The van der Waals surface area contributed by atoms with Crippen molar-refractivity contribution in [2.75, 3.05) is 0 Å². The van der Waals surface area contributed by atoms with Crippen LogP contribution in [0.1, 0.15) is 28.3 Å². The Bertz CT molecular complexity index is 582. The number of benzene rings is 2. The maximum Gasteiger partial charge on any atom is 0.274 e. The van der Waals surface area contributed by atoms with Gasteiger partial charge in [0.1, 0.15) is 0 Å². The molecule has 0 heterocycles. The van der Waals surface area contributed by atoms with Crippen molar-refractivity contribution in [3.8, 4) is 0 Å². The van der Waals surface area contributed by atoms with E-state index in [1.165, 1.54) is 0 Å². The van der Waals surface area contributed by atoms with Gasteiger partial charge in [-0.2, -0.15) is 0 Å². The average molecular weight is 217 g/mol. The largest absolute Gasteiger partial charge is 0.303 e. The van der Waals surface area contributed by atoms with Gasteiger partial charge in [0.15, 0.2) is 0 Å². The first-order valence-electron chi connectivity index (χ1n) is 5.62. The molecule has 0 fully saturated rings. The molecule has 0 unspecified atom stereocenters. The molecule has 2 aromatic rings. The summed E-state index contributed by atoms with van der Waals surface area (Å²) in [4.78, 5) is 3.80. The normalized spacial score (nSPS) is 13.4. The van der Waals surface area contributed by atoms with Crippen molar-refractivity contribution in [2.45, 2.75) is 6.04 Å². The van der Waals surface area contributed by atoms with Gasteiger partial charge in [-0.15, -0.1) is 0 Å². The summed E-state index contributed by atoms with van der Waals surface area (Å²) in [6, 6.07) is 16.1. The van der Waals surface area contributed by atoms with Gasteiger partial charge in [-0.3, -0.25) is 0 Å². The molecule has 0 spiro atoms. The summed E-state index contributed by atoms with van der Waals surface area (Å²) in [6.07, 6.45) is 4.19. The summed E-state index contributed by atoms with van der Waals surface area (Å²) >= 11 is 0. The Balaban J connectivity index is 2.30. The van der Waals surface area contributed by atoms with Crippen molar-refractivity contribution in [2.24, 2.45) is 0 Å². The zero-order valence-electron chi connectivity index (χ0n) is 9.30. The fraction of sp³-hybridized carbons (Fsp3) is 0.0625. The maximum absolute atomic E-state index is 7.45. The molecule has 1 aliphatic carbocycles. The van der Waals surface area contributed by atoms with Crippen LogP contribution in [0.4, 0.5) is 0 Å². The molecule has 0 saturated carbocycles. The van der Waals surface area contributed by atoms with Crippen molar-refractivity contribution in [1.29, 1.82) is 0 Å². The molecule has 0 radical (unpaired) electrons. The molecule has 2 aromatic carbocycles. The van der Waals surface area contributed by atoms with Crippen LogP contribution in [-0.2, 0) is 0 Å². The number of nitrogens with zero attached hydrogens (tertiary/aromatic N) is 1. The van der Waals surface area contributed by atoms with E-state index in [-0.39, 0.29) is 6.04 Å². The second-order valence-corrected chi connectivity index (χ2v) is 4.12. The molecule has 0 bridgehead atoms. The van der Waals surface area contributed by atoms with E-state index < -0.39 is 0 Å². The van der Waals surface area contributed by atoms with Crippen LogP contribution in [0.25, 0.3) is 17.0 Å². The van der Waals surface area contributed by atoms with Crippen molar-refractivity contribution in [1.82, 2.24) is 0 Å². The van der Waals surface area contributed by atoms with E-state index in [1.54, 1.807) is 0 Å². The number of fused-ring (bicyclic) bond motifs is 2. The second kappa shape index (κ2) is 3.92. The van der Waals surface area contributed by atoms with Crippen LogP contribution in [0, 0.1) is 6.57 Å². The molecular formula is C16H11N. The van der Waals surface area contributed by atoms with Crippen LogP contribution < -0.4 is 0 Å². The molecule has 17 heavy (non-hydrogen) atoms. The van der Waals surface area contributed by atoms with Crippen molar-refractivity contribution in [3.05, 3.63) is 82.2 Å². The van der Waals surface area contributed by atoms with E-state index in [2.05, 4.69) is 29.1 Å². The smallest absolute Gasteiger partial charge is 0.274 e. The molecule has 1 aliphatic rings. The third-order valence-corrected chi connectivity index (χ3v) is 3.15. The van der Waals surface area contributed by atoms with Crippen LogP contribution in [0.5, 0.6) is 0 Å². The standard InChI is InChI=1S/C16H11N/c1-17-16-14-8-4-2-6-12(14)10-11-13-7-3-5-9-15(13)16/h2-11,16H. The second-order valence-electron chi connectivity index (χ2n) is 4.12. The first-order chi connectivity index (χ1) is 8.40. The topological polar surface area (TPSA) is 4.36 Å². The van der Waals surface area contributed by atoms with Crippen molar-refractivity contribution < 1.29 is 0 Å². The molecule has 0 aliphatic heterocycles. The molecule has 1 heteroatoms. The van der Waals surface area contributed by atoms with Gasteiger partial charge >= 0.3 is 0 Å². The summed E-state index contributed by atoms with van der Waals surface area (Å²) in [6.45, 7) is 7.45. The Morgan fingerprint density at radius 2 is 1.24 bits per heavy atom. The quantitative estimate of drug-likeness (QED) is 0.583. The van der Waals surface area contributed by atoms with E-state index in [0.717, 1.165) is 22.3 Å². The average Bonchev–Trinajstić information content (AvgIpc) is 2.55. The molecule has 0 amide bonds. The van der Waals surface area contributed by atoms with Crippen LogP contribution in [0.15, 0.2) is 48.5 Å². The Kier molecular flexibility index (Phi) is 2.27. The molecule has 0 atom stereocenters. The highest BCUT2D eigenvalue weighted by atomic mass is 14.7. The highest BCUT2D eigenvalue weighted by molar-refractivity contribution is 5.76. The Morgan fingerprint density at radius 3 is 1.71 bits per heavy atom. The number of rotatable bonds is 0. The van der Waals surface area contributed by atoms with Crippen LogP contribution in [0.3, 0.4) is 0 Å². The highest BCUT2D eigenvalue weighted by Gasteiger charge is 2.24. The lowest BCUT2D eigenvalue weighted by Crippen LogP contribution is -1.98. The summed E-state index contributed by atoms with van der Waals surface area (Å²) < 4.78 is 0. The van der Waals surface area contributed by atoms with Crippen molar-refractivity contribution in [3.63, 3.8) is 0 Å². The zero-order valence-corrected chi connectivity index (χ0v) is 9.30. The predicted molar refractivity (Wildman–Crippen MR) is 70.3 cm³/mol. The maximum atomic E-state index is 7.45. The van der Waals surface area contributed by atoms with Gasteiger partial charge in [-0.1, -0.05) is 60.7 Å². The Morgan fingerprint density at radius 1 is 0.765 bits per heavy atom. The summed E-state index contributed by atoms with van der Waals surface area (Å²) in [5.74, 6) is 0. The first kappa shape index (κ1) is 9.86. The van der Waals surface area contributed by atoms with Crippen LogP contribution in [-0.4, -0.2) is 0 Å². The van der Waals surface area contributed by atoms with Crippen LogP contribution in [0.2, 0.25) is 0 Å². The SMILES string of the molecule is [C-]#[N+]C1c2ccccc2C=Cc2ccccc21. The monoisotopic (exact) mass is 217 g/mol. The van der Waals surface area contributed by atoms with Gasteiger partial charge < -0.3 is 4.85 Å². The first-order valence-corrected chi connectivity index (χ1v) is 5.62. The fourth-order valence-electron chi connectivity index (χ4n) is 2.31. The summed E-state index contributed by atoms with van der Waals surface area (Å²) in [5, 5.41) is 0. The molecule has 1 nitrogen and oxygen atoms in total. The lowest BCUT2D eigenvalue weighted by molar-refractivity contribution is 1.02. The minimum atomic E-state index is -0.183. The van der Waals surface area contributed by atoms with E-state index in [4.69, 9.17) is 6.57 Å². The minimum absolute atomic E-state index is 0.183. The van der Waals surface area contributed by atoms with Gasteiger partial charge in [0, 0.05) is 11.1 Å². The van der Waals surface area contributed by atoms with Crippen LogP contribution >= 0.6 is 0 Å². The lowest BCUT2D eigenvalue weighted by Gasteiger charge is -2.08. The van der Waals surface area contributed by atoms with E-state index >= 15 is 0 Å². The molecule has 0 saturated heterocycles. The summed E-state index contributed by atoms with van der Waals surface area (Å²) in [7, 11) is 0.